The normalized spacial score (nSPS) is 18.7. The number of carbonyl (C=O) groups is 1. The van der Waals surface area contributed by atoms with Gasteiger partial charge in [-0.25, -0.2) is 4.98 Å². The molecule has 0 bridgehead atoms. The van der Waals surface area contributed by atoms with Crippen LogP contribution in [0.25, 0.3) is 0 Å². The molecular formula is C14H21N3O3. The number of hydrogen-bond donors (Lipinski definition) is 2. The van der Waals surface area contributed by atoms with Crippen LogP contribution in [-0.2, 0) is 11.3 Å². The summed E-state index contributed by atoms with van der Waals surface area (Å²) >= 11 is 0. The van der Waals surface area contributed by atoms with E-state index in [1.54, 1.807) is 7.11 Å². The zero-order valence-corrected chi connectivity index (χ0v) is 11.7. The molecule has 1 saturated heterocycles. The van der Waals surface area contributed by atoms with Gasteiger partial charge in [-0.15, -0.1) is 0 Å². The Bertz CT molecular complexity index is 441. The monoisotopic (exact) mass is 279 g/mol. The number of aliphatic hydroxyl groups excluding tert-OH is 1. The smallest absolute Gasteiger partial charge is 0.246 e. The highest BCUT2D eigenvalue weighted by Crippen LogP contribution is 2.22. The van der Waals surface area contributed by atoms with Gasteiger partial charge in [0, 0.05) is 18.8 Å². The molecule has 1 aliphatic heterocycles. The number of amides is 1. The lowest BCUT2D eigenvalue weighted by Crippen LogP contribution is -2.42. The van der Waals surface area contributed by atoms with Crippen molar-refractivity contribution in [2.24, 2.45) is 11.7 Å². The third-order valence-electron chi connectivity index (χ3n) is 3.78. The number of nitrogens with zero attached hydrogens (tertiary/aromatic N) is 2. The fraction of sp³-hybridized carbons (Fsp3) is 0.571. The van der Waals surface area contributed by atoms with Crippen LogP contribution in [0.5, 0.6) is 5.88 Å². The Hall–Kier alpha value is -1.66. The maximum Gasteiger partial charge on any atom is 0.246 e. The lowest BCUT2D eigenvalue weighted by atomic mass is 9.91. The Morgan fingerprint density at radius 1 is 1.55 bits per heavy atom. The Morgan fingerprint density at radius 2 is 2.25 bits per heavy atom. The van der Waals surface area contributed by atoms with Gasteiger partial charge < -0.3 is 15.6 Å². The molecule has 6 nitrogen and oxygen atoms in total. The predicted molar refractivity (Wildman–Crippen MR) is 74.0 cm³/mol. The number of likely N-dealkylation sites (tertiary alicyclic amines) is 1. The average molecular weight is 279 g/mol. The van der Waals surface area contributed by atoms with Crippen molar-refractivity contribution in [3.8, 4) is 5.88 Å². The summed E-state index contributed by atoms with van der Waals surface area (Å²) in [6, 6.07) is 3.84. The van der Waals surface area contributed by atoms with Gasteiger partial charge in [-0.1, -0.05) is 6.07 Å². The fourth-order valence-corrected chi connectivity index (χ4v) is 2.54. The molecule has 0 spiro atoms. The molecule has 2 rings (SSSR count). The molecule has 0 aliphatic carbocycles. The van der Waals surface area contributed by atoms with E-state index in [0.717, 1.165) is 38.0 Å². The van der Waals surface area contributed by atoms with Crippen LogP contribution >= 0.6 is 0 Å². The van der Waals surface area contributed by atoms with Crippen LogP contribution < -0.4 is 10.5 Å². The van der Waals surface area contributed by atoms with Crippen molar-refractivity contribution in [3.63, 3.8) is 0 Å². The van der Waals surface area contributed by atoms with Crippen LogP contribution in [0.3, 0.4) is 0 Å². The van der Waals surface area contributed by atoms with Crippen molar-refractivity contribution < 1.29 is 14.6 Å². The van der Waals surface area contributed by atoms with E-state index in [-0.39, 0.29) is 5.92 Å². The quantitative estimate of drug-likeness (QED) is 0.801. The van der Waals surface area contributed by atoms with E-state index in [2.05, 4.69) is 9.88 Å². The number of rotatable bonds is 5. The molecule has 20 heavy (non-hydrogen) atoms. The van der Waals surface area contributed by atoms with E-state index in [4.69, 9.17) is 10.5 Å². The number of aliphatic hydroxyl groups is 1. The van der Waals surface area contributed by atoms with E-state index in [0.29, 0.717) is 5.88 Å². The first kappa shape index (κ1) is 14.7. The van der Waals surface area contributed by atoms with Crippen molar-refractivity contribution >= 4 is 5.91 Å². The van der Waals surface area contributed by atoms with E-state index >= 15 is 0 Å². The van der Waals surface area contributed by atoms with Gasteiger partial charge in [0.1, 0.15) is 6.10 Å². The molecule has 0 aromatic carbocycles. The number of ether oxygens (including phenoxy) is 1. The van der Waals surface area contributed by atoms with Crippen LogP contribution in [-0.4, -0.2) is 47.2 Å². The van der Waals surface area contributed by atoms with Gasteiger partial charge in [0.05, 0.1) is 7.11 Å². The number of piperidine rings is 1. The van der Waals surface area contributed by atoms with Crippen LogP contribution in [0.15, 0.2) is 18.3 Å². The van der Waals surface area contributed by atoms with Crippen molar-refractivity contribution in [2.45, 2.75) is 25.5 Å². The lowest BCUT2D eigenvalue weighted by molar-refractivity contribution is -0.129. The van der Waals surface area contributed by atoms with Crippen LogP contribution in [0.4, 0.5) is 0 Å². The van der Waals surface area contributed by atoms with Gasteiger partial charge in [0.2, 0.25) is 11.8 Å². The number of primary amides is 1. The molecule has 3 N–H and O–H groups in total. The standard InChI is InChI=1S/C14H21N3O3/c1-20-12-3-2-10(8-16-12)9-17-6-4-11(5-7-17)13(18)14(15)19/h2-3,8,11,13,18H,4-7,9H2,1H3,(H2,15,19). The largest absolute Gasteiger partial charge is 0.481 e. The SMILES string of the molecule is COc1ccc(CN2CCC(C(O)C(N)=O)CC2)cn1. The van der Waals surface area contributed by atoms with Crippen molar-refractivity contribution in [3.05, 3.63) is 23.9 Å². The molecule has 110 valence electrons. The predicted octanol–water partition coefficient (Wildman–Crippen LogP) is 0.148. The van der Waals surface area contributed by atoms with Gasteiger partial charge in [0.25, 0.3) is 0 Å². The zero-order valence-electron chi connectivity index (χ0n) is 11.7. The van der Waals surface area contributed by atoms with Gasteiger partial charge in [-0.05, 0) is 37.4 Å². The summed E-state index contributed by atoms with van der Waals surface area (Å²) in [5.41, 5.74) is 6.25. The summed E-state index contributed by atoms with van der Waals surface area (Å²) in [5, 5.41) is 9.67. The molecule has 6 heteroatoms. The first-order valence-corrected chi connectivity index (χ1v) is 6.79. The molecule has 1 fully saturated rings. The Balaban J connectivity index is 1.83. The molecule has 1 aromatic heterocycles. The first-order chi connectivity index (χ1) is 9.60. The second-order valence-electron chi connectivity index (χ2n) is 5.17. The maximum atomic E-state index is 11.0. The minimum atomic E-state index is -1.01. The van der Waals surface area contributed by atoms with E-state index < -0.39 is 12.0 Å². The molecule has 0 saturated carbocycles. The number of aromatic nitrogens is 1. The average Bonchev–Trinajstić information content (AvgIpc) is 2.48. The molecule has 1 unspecified atom stereocenters. The highest BCUT2D eigenvalue weighted by Gasteiger charge is 2.28. The van der Waals surface area contributed by atoms with Crippen LogP contribution in [0.2, 0.25) is 0 Å². The van der Waals surface area contributed by atoms with Crippen molar-refractivity contribution in [2.75, 3.05) is 20.2 Å². The highest BCUT2D eigenvalue weighted by atomic mass is 16.5. The van der Waals surface area contributed by atoms with Crippen molar-refractivity contribution in [1.82, 2.24) is 9.88 Å². The van der Waals surface area contributed by atoms with Crippen LogP contribution in [0, 0.1) is 5.92 Å². The molecule has 2 heterocycles. The second-order valence-corrected chi connectivity index (χ2v) is 5.17. The fourth-order valence-electron chi connectivity index (χ4n) is 2.54. The molecule has 1 amide bonds. The summed E-state index contributed by atoms with van der Waals surface area (Å²) in [6.45, 7) is 2.51. The zero-order chi connectivity index (χ0) is 14.5. The summed E-state index contributed by atoms with van der Waals surface area (Å²) in [7, 11) is 1.59. The molecule has 1 aliphatic rings. The second kappa shape index (κ2) is 6.67. The maximum absolute atomic E-state index is 11.0. The summed E-state index contributed by atoms with van der Waals surface area (Å²) < 4.78 is 5.03. The molecule has 1 atom stereocenters. The van der Waals surface area contributed by atoms with E-state index in [1.165, 1.54) is 0 Å². The molecule has 0 radical (unpaired) electrons. The van der Waals surface area contributed by atoms with Gasteiger partial charge in [-0.3, -0.25) is 9.69 Å². The number of carbonyl (C=O) groups excluding carboxylic acids is 1. The Kier molecular flexibility index (Phi) is 4.92. The number of methoxy groups -OCH3 is 1. The third-order valence-corrected chi connectivity index (χ3v) is 3.78. The first-order valence-electron chi connectivity index (χ1n) is 6.79. The summed E-state index contributed by atoms with van der Waals surface area (Å²) in [5.74, 6) is -0.0300. The summed E-state index contributed by atoms with van der Waals surface area (Å²) in [6.07, 6.45) is 2.37. The summed E-state index contributed by atoms with van der Waals surface area (Å²) in [4.78, 5) is 17.4. The molecule has 1 aromatic rings. The lowest BCUT2D eigenvalue weighted by Gasteiger charge is -2.33. The Morgan fingerprint density at radius 3 is 2.75 bits per heavy atom. The van der Waals surface area contributed by atoms with Gasteiger partial charge in [0.15, 0.2) is 0 Å². The molecular weight excluding hydrogens is 258 g/mol. The third kappa shape index (κ3) is 3.68. The minimum Gasteiger partial charge on any atom is -0.481 e. The highest BCUT2D eigenvalue weighted by molar-refractivity contribution is 5.78. The van der Waals surface area contributed by atoms with Crippen molar-refractivity contribution in [1.29, 1.82) is 0 Å². The number of hydrogen-bond acceptors (Lipinski definition) is 5. The van der Waals surface area contributed by atoms with E-state index in [9.17, 15) is 9.90 Å². The topological polar surface area (TPSA) is 88.7 Å². The van der Waals surface area contributed by atoms with E-state index in [1.807, 2.05) is 18.3 Å². The Labute approximate surface area is 118 Å². The number of nitrogens with two attached hydrogens (primary N) is 1. The van der Waals surface area contributed by atoms with Gasteiger partial charge in [-0.2, -0.15) is 0 Å². The van der Waals surface area contributed by atoms with Crippen LogP contribution in [0.1, 0.15) is 18.4 Å². The minimum absolute atomic E-state index is 0.0160. The van der Waals surface area contributed by atoms with Gasteiger partial charge >= 0.3 is 0 Å². The number of pyridine rings is 1.